The molecule has 0 saturated carbocycles. The number of thiol groups is 2. The fourth-order valence-corrected chi connectivity index (χ4v) is 0.982. The summed E-state index contributed by atoms with van der Waals surface area (Å²) in [5, 5.41) is 1.68. The van der Waals surface area contributed by atoms with Gasteiger partial charge in [-0.05, 0) is 11.0 Å². The van der Waals surface area contributed by atoms with Crippen molar-refractivity contribution in [3.8, 4) is 0 Å². The maximum absolute atomic E-state index is 4.20. The van der Waals surface area contributed by atoms with E-state index in [0.717, 1.165) is 10.5 Å². The molecule has 0 aliphatic heterocycles. The Kier molecular flexibility index (Phi) is 2.90. The van der Waals surface area contributed by atoms with E-state index >= 15 is 0 Å². The summed E-state index contributed by atoms with van der Waals surface area (Å²) in [4.78, 5) is 0.893. The molecule has 0 atom stereocenters. The van der Waals surface area contributed by atoms with Gasteiger partial charge >= 0.3 is 0 Å². The smallest absolute Gasteiger partial charge is 0.0173 e. The van der Waals surface area contributed by atoms with E-state index in [1.54, 1.807) is 5.41 Å². The number of hydrogen-bond acceptors (Lipinski definition) is 2. The first-order valence-corrected chi connectivity index (χ1v) is 3.89. The minimum atomic E-state index is 0.893. The molecule has 10 heavy (non-hydrogen) atoms. The second-order valence-corrected chi connectivity index (χ2v) is 2.62. The average molecular weight is 168 g/mol. The first-order valence-electron chi connectivity index (χ1n) is 2.93. The van der Waals surface area contributed by atoms with Crippen molar-refractivity contribution in [2.45, 2.75) is 0 Å². The highest BCUT2D eigenvalue weighted by atomic mass is 32.1. The molecule has 1 aromatic carbocycles. The zero-order valence-electron chi connectivity index (χ0n) is 5.36. The van der Waals surface area contributed by atoms with Crippen molar-refractivity contribution in [2.24, 2.45) is 0 Å². The van der Waals surface area contributed by atoms with Gasteiger partial charge in [0.05, 0.1) is 0 Å². The van der Waals surface area contributed by atoms with E-state index in [2.05, 4.69) is 25.3 Å². The lowest BCUT2D eigenvalue weighted by Crippen LogP contribution is -1.71. The number of benzene rings is 1. The highest BCUT2D eigenvalue weighted by Gasteiger charge is 1.90. The largest absolute Gasteiger partial charge is 0.150 e. The van der Waals surface area contributed by atoms with Crippen molar-refractivity contribution < 1.29 is 0 Å². The van der Waals surface area contributed by atoms with Crippen LogP contribution < -0.4 is 0 Å². The molecular weight excluding hydrogens is 160 g/mol. The molecule has 0 aromatic heterocycles. The molecule has 1 rings (SSSR count). The minimum absolute atomic E-state index is 0.893. The second kappa shape index (κ2) is 3.74. The van der Waals surface area contributed by atoms with Gasteiger partial charge in [0.2, 0.25) is 0 Å². The third-order valence-corrected chi connectivity index (χ3v) is 2.04. The fourth-order valence-electron chi connectivity index (χ4n) is 0.683. The van der Waals surface area contributed by atoms with E-state index in [9.17, 15) is 0 Å². The van der Waals surface area contributed by atoms with Gasteiger partial charge in [0.1, 0.15) is 0 Å². The van der Waals surface area contributed by atoms with Gasteiger partial charge in [-0.15, -0.1) is 12.6 Å². The van der Waals surface area contributed by atoms with E-state index in [1.807, 2.05) is 30.3 Å². The van der Waals surface area contributed by atoms with Gasteiger partial charge in [-0.25, -0.2) is 0 Å². The molecule has 0 N–H and O–H groups in total. The van der Waals surface area contributed by atoms with Crippen LogP contribution in [-0.2, 0) is 0 Å². The molecule has 0 amide bonds. The van der Waals surface area contributed by atoms with Crippen LogP contribution in [-0.4, -0.2) is 0 Å². The summed E-state index contributed by atoms with van der Waals surface area (Å²) in [6.45, 7) is 0. The van der Waals surface area contributed by atoms with Gasteiger partial charge in [0.25, 0.3) is 0 Å². The van der Waals surface area contributed by atoms with Crippen molar-refractivity contribution in [1.82, 2.24) is 0 Å². The molecule has 52 valence electrons. The summed E-state index contributed by atoms with van der Waals surface area (Å²) in [6.07, 6.45) is 0. The van der Waals surface area contributed by atoms with Gasteiger partial charge in [-0.1, -0.05) is 30.3 Å². The van der Waals surface area contributed by atoms with E-state index < -0.39 is 0 Å². The highest BCUT2D eigenvalue weighted by Crippen LogP contribution is 2.17. The Hall–Kier alpha value is -0.340. The maximum atomic E-state index is 4.20. The SMILES string of the molecule is S/C=C(\S)c1ccccc1. The van der Waals surface area contributed by atoms with E-state index in [1.165, 1.54) is 0 Å². The normalized spacial score (nSPS) is 11.6. The Morgan fingerprint density at radius 2 is 1.80 bits per heavy atom. The first-order chi connectivity index (χ1) is 4.84. The Morgan fingerprint density at radius 1 is 1.20 bits per heavy atom. The van der Waals surface area contributed by atoms with E-state index in [-0.39, 0.29) is 0 Å². The van der Waals surface area contributed by atoms with Crippen LogP contribution in [0.15, 0.2) is 35.7 Å². The first kappa shape index (κ1) is 7.76. The second-order valence-electron chi connectivity index (χ2n) is 1.88. The minimum Gasteiger partial charge on any atom is -0.150 e. The Balaban J connectivity index is 2.96. The topological polar surface area (TPSA) is 0 Å². The summed E-state index contributed by atoms with van der Waals surface area (Å²) >= 11 is 8.19. The van der Waals surface area contributed by atoms with Crippen molar-refractivity contribution in [3.05, 3.63) is 41.3 Å². The molecule has 0 fully saturated rings. The predicted octanol–water partition coefficient (Wildman–Crippen LogP) is 2.84. The lowest BCUT2D eigenvalue weighted by atomic mass is 10.2. The third-order valence-electron chi connectivity index (χ3n) is 1.19. The summed E-state index contributed by atoms with van der Waals surface area (Å²) < 4.78 is 0. The number of hydrogen-bond donors (Lipinski definition) is 2. The van der Waals surface area contributed by atoms with Crippen molar-refractivity contribution in [1.29, 1.82) is 0 Å². The van der Waals surface area contributed by atoms with Crippen LogP contribution in [0.4, 0.5) is 0 Å². The lowest BCUT2D eigenvalue weighted by Gasteiger charge is -1.95. The van der Waals surface area contributed by atoms with Crippen LogP contribution in [0.5, 0.6) is 0 Å². The lowest BCUT2D eigenvalue weighted by molar-refractivity contribution is 1.66. The Morgan fingerprint density at radius 3 is 2.30 bits per heavy atom. The molecule has 1 aromatic rings. The molecule has 2 heteroatoms. The van der Waals surface area contributed by atoms with Crippen molar-refractivity contribution >= 4 is 30.2 Å². The Labute approximate surface area is 71.8 Å². The molecule has 0 saturated heterocycles. The van der Waals surface area contributed by atoms with Crippen LogP contribution in [0.1, 0.15) is 5.56 Å². The molecular formula is C8H8S2. The molecule has 0 nitrogen and oxygen atoms in total. The third kappa shape index (κ3) is 1.82. The van der Waals surface area contributed by atoms with Gasteiger partial charge in [0, 0.05) is 4.91 Å². The van der Waals surface area contributed by atoms with Gasteiger partial charge in [0.15, 0.2) is 0 Å². The standard InChI is InChI=1S/C8H8S2/c9-6-8(10)7-4-2-1-3-5-7/h1-6,9-10H/b8-6-. The van der Waals surface area contributed by atoms with Gasteiger partial charge in [-0.3, -0.25) is 0 Å². The molecule has 0 aliphatic carbocycles. The van der Waals surface area contributed by atoms with E-state index in [4.69, 9.17) is 0 Å². The maximum Gasteiger partial charge on any atom is 0.0173 e. The van der Waals surface area contributed by atoms with Crippen LogP contribution in [0.2, 0.25) is 0 Å². The van der Waals surface area contributed by atoms with Crippen LogP contribution in [0, 0.1) is 0 Å². The van der Waals surface area contributed by atoms with Gasteiger partial charge < -0.3 is 0 Å². The molecule has 0 unspecified atom stereocenters. The van der Waals surface area contributed by atoms with Crippen LogP contribution in [0.25, 0.3) is 4.91 Å². The average Bonchev–Trinajstić information content (AvgIpc) is 2.05. The number of rotatable bonds is 1. The molecule has 0 radical (unpaired) electrons. The quantitative estimate of drug-likeness (QED) is 0.592. The van der Waals surface area contributed by atoms with Crippen LogP contribution >= 0.6 is 25.3 Å². The molecule has 0 aliphatic rings. The molecule has 0 heterocycles. The molecule has 0 spiro atoms. The van der Waals surface area contributed by atoms with Gasteiger partial charge in [-0.2, -0.15) is 12.6 Å². The predicted molar refractivity (Wildman–Crippen MR) is 52.4 cm³/mol. The highest BCUT2D eigenvalue weighted by molar-refractivity contribution is 7.92. The summed E-state index contributed by atoms with van der Waals surface area (Å²) in [6, 6.07) is 9.92. The summed E-state index contributed by atoms with van der Waals surface area (Å²) in [5.41, 5.74) is 1.10. The fraction of sp³-hybridized carbons (Fsp3) is 0. The van der Waals surface area contributed by atoms with Crippen LogP contribution in [0.3, 0.4) is 0 Å². The van der Waals surface area contributed by atoms with Crippen molar-refractivity contribution in [3.63, 3.8) is 0 Å². The Bertz CT molecular complexity index is 226. The summed E-state index contributed by atoms with van der Waals surface area (Å²) in [7, 11) is 0. The van der Waals surface area contributed by atoms with E-state index in [0.29, 0.717) is 0 Å². The summed E-state index contributed by atoms with van der Waals surface area (Å²) in [5.74, 6) is 0. The zero-order chi connectivity index (χ0) is 7.40. The zero-order valence-corrected chi connectivity index (χ0v) is 7.15. The van der Waals surface area contributed by atoms with Crippen molar-refractivity contribution in [2.75, 3.05) is 0 Å². The monoisotopic (exact) mass is 168 g/mol. The molecule has 0 bridgehead atoms.